The van der Waals surface area contributed by atoms with Crippen LogP contribution in [0.5, 0.6) is 5.75 Å². The average molecular weight is 255 g/mol. The Morgan fingerprint density at radius 2 is 2.00 bits per heavy atom. The first-order chi connectivity index (χ1) is 9.17. The van der Waals surface area contributed by atoms with E-state index in [4.69, 9.17) is 16.9 Å². The summed E-state index contributed by atoms with van der Waals surface area (Å²) in [5.41, 5.74) is 13.1. The molecule has 1 heterocycles. The van der Waals surface area contributed by atoms with E-state index in [-0.39, 0.29) is 11.6 Å². The first-order valence-electron chi connectivity index (χ1n) is 5.51. The lowest BCUT2D eigenvalue weighted by Crippen LogP contribution is -2.02. The number of aromatic nitrogens is 2. The molecule has 0 saturated carbocycles. The SMILES string of the molecule is N=CC(=CN)c1cc(-c2ccccc2O)nnc1N. The van der Waals surface area contributed by atoms with Gasteiger partial charge in [-0.3, -0.25) is 0 Å². The summed E-state index contributed by atoms with van der Waals surface area (Å²) < 4.78 is 0. The molecule has 96 valence electrons. The molecular weight excluding hydrogens is 242 g/mol. The molecule has 1 aromatic heterocycles. The highest BCUT2D eigenvalue weighted by molar-refractivity contribution is 6.10. The lowest BCUT2D eigenvalue weighted by atomic mass is 10.0. The van der Waals surface area contributed by atoms with Crippen LogP contribution in [0.1, 0.15) is 5.56 Å². The van der Waals surface area contributed by atoms with Gasteiger partial charge in [0.25, 0.3) is 0 Å². The van der Waals surface area contributed by atoms with E-state index in [1.54, 1.807) is 30.3 Å². The second-order valence-electron chi connectivity index (χ2n) is 3.81. The Morgan fingerprint density at radius 1 is 1.26 bits per heavy atom. The molecule has 0 saturated heterocycles. The van der Waals surface area contributed by atoms with Gasteiger partial charge in [0, 0.05) is 29.1 Å². The number of aromatic hydroxyl groups is 1. The van der Waals surface area contributed by atoms with Gasteiger partial charge in [0.05, 0.1) is 5.69 Å². The number of nitrogens with one attached hydrogen (secondary N) is 1. The van der Waals surface area contributed by atoms with Gasteiger partial charge in [-0.25, -0.2) is 0 Å². The second kappa shape index (κ2) is 5.18. The van der Waals surface area contributed by atoms with Crippen LogP contribution in [0.4, 0.5) is 5.82 Å². The number of phenolic OH excluding ortho intramolecular Hbond substituents is 1. The van der Waals surface area contributed by atoms with Gasteiger partial charge in [-0.1, -0.05) is 12.1 Å². The van der Waals surface area contributed by atoms with E-state index < -0.39 is 0 Å². The highest BCUT2D eigenvalue weighted by Gasteiger charge is 2.11. The summed E-state index contributed by atoms with van der Waals surface area (Å²) in [5.74, 6) is 0.278. The maximum absolute atomic E-state index is 9.79. The second-order valence-corrected chi connectivity index (χ2v) is 3.81. The van der Waals surface area contributed by atoms with Gasteiger partial charge in [-0.15, -0.1) is 10.2 Å². The van der Waals surface area contributed by atoms with Crippen molar-refractivity contribution in [3.8, 4) is 17.0 Å². The van der Waals surface area contributed by atoms with Gasteiger partial charge in [0.15, 0.2) is 5.82 Å². The van der Waals surface area contributed by atoms with E-state index in [0.29, 0.717) is 22.4 Å². The van der Waals surface area contributed by atoms with Crippen LogP contribution < -0.4 is 11.5 Å². The third-order valence-electron chi connectivity index (χ3n) is 2.65. The van der Waals surface area contributed by atoms with E-state index in [1.807, 2.05) is 0 Å². The number of benzene rings is 1. The van der Waals surface area contributed by atoms with Gasteiger partial charge in [0.1, 0.15) is 5.75 Å². The summed E-state index contributed by atoms with van der Waals surface area (Å²) in [6, 6.07) is 8.41. The Hall–Kier alpha value is -2.89. The van der Waals surface area contributed by atoms with Crippen molar-refractivity contribution >= 4 is 17.6 Å². The third kappa shape index (κ3) is 2.37. The lowest BCUT2D eigenvalue weighted by molar-refractivity contribution is 0.477. The fourth-order valence-electron chi connectivity index (χ4n) is 1.67. The van der Waals surface area contributed by atoms with Gasteiger partial charge in [0.2, 0.25) is 0 Å². The molecule has 0 atom stereocenters. The van der Waals surface area contributed by atoms with E-state index in [9.17, 15) is 5.11 Å². The third-order valence-corrected chi connectivity index (χ3v) is 2.65. The lowest BCUT2D eigenvalue weighted by Gasteiger charge is -2.08. The molecule has 6 heteroatoms. The summed E-state index contributed by atoms with van der Waals surface area (Å²) in [4.78, 5) is 0. The largest absolute Gasteiger partial charge is 0.507 e. The van der Waals surface area contributed by atoms with Gasteiger partial charge >= 0.3 is 0 Å². The number of anilines is 1. The smallest absolute Gasteiger partial charge is 0.154 e. The van der Waals surface area contributed by atoms with E-state index in [1.165, 1.54) is 6.20 Å². The number of rotatable bonds is 3. The molecule has 0 amide bonds. The quantitative estimate of drug-likeness (QED) is 0.617. The highest BCUT2D eigenvalue weighted by Crippen LogP contribution is 2.29. The minimum Gasteiger partial charge on any atom is -0.507 e. The van der Waals surface area contributed by atoms with Crippen molar-refractivity contribution in [1.29, 1.82) is 5.41 Å². The number of para-hydroxylation sites is 1. The Labute approximate surface area is 109 Å². The molecule has 0 unspecified atom stereocenters. The molecule has 19 heavy (non-hydrogen) atoms. The van der Waals surface area contributed by atoms with Crippen molar-refractivity contribution in [3.05, 3.63) is 42.1 Å². The van der Waals surface area contributed by atoms with Crippen molar-refractivity contribution in [3.63, 3.8) is 0 Å². The standard InChI is InChI=1S/C13H13N5O/c14-6-8(7-15)10-5-11(17-18-13(10)16)9-3-1-2-4-12(9)19/h1-7,14,19H,15H2,(H2,16,18). The number of phenols is 1. The van der Waals surface area contributed by atoms with Gasteiger partial charge in [-0.2, -0.15) is 0 Å². The molecule has 0 aliphatic rings. The molecule has 0 fully saturated rings. The molecule has 0 bridgehead atoms. The van der Waals surface area contributed by atoms with Crippen molar-refractivity contribution in [2.75, 3.05) is 5.73 Å². The molecule has 2 aromatic rings. The topological polar surface area (TPSA) is 122 Å². The molecule has 0 aliphatic carbocycles. The minimum atomic E-state index is 0.0978. The Kier molecular flexibility index (Phi) is 3.42. The van der Waals surface area contributed by atoms with Crippen LogP contribution in [-0.4, -0.2) is 21.5 Å². The van der Waals surface area contributed by atoms with Crippen LogP contribution in [0, 0.1) is 5.41 Å². The molecule has 0 radical (unpaired) electrons. The fourth-order valence-corrected chi connectivity index (χ4v) is 1.67. The maximum Gasteiger partial charge on any atom is 0.154 e. The van der Waals surface area contributed by atoms with Crippen LogP contribution in [0.15, 0.2) is 36.5 Å². The average Bonchev–Trinajstić information content (AvgIpc) is 2.43. The molecule has 6 N–H and O–H groups in total. The zero-order valence-corrected chi connectivity index (χ0v) is 10.0. The van der Waals surface area contributed by atoms with Crippen molar-refractivity contribution in [2.45, 2.75) is 0 Å². The van der Waals surface area contributed by atoms with Crippen molar-refractivity contribution in [1.82, 2.24) is 10.2 Å². The van der Waals surface area contributed by atoms with Crippen molar-refractivity contribution in [2.24, 2.45) is 5.73 Å². The summed E-state index contributed by atoms with van der Waals surface area (Å²) in [5, 5.41) is 24.9. The van der Waals surface area contributed by atoms with Crippen LogP contribution in [0.3, 0.4) is 0 Å². The summed E-state index contributed by atoms with van der Waals surface area (Å²) in [6.07, 6.45) is 2.36. The highest BCUT2D eigenvalue weighted by atomic mass is 16.3. The maximum atomic E-state index is 9.79. The number of allylic oxidation sites excluding steroid dienone is 1. The Balaban J connectivity index is 2.59. The number of hydrogen-bond acceptors (Lipinski definition) is 6. The zero-order chi connectivity index (χ0) is 13.8. The summed E-state index contributed by atoms with van der Waals surface area (Å²) >= 11 is 0. The predicted octanol–water partition coefficient (Wildman–Crippen LogP) is 1.38. The first kappa shape index (κ1) is 12.6. The van der Waals surface area contributed by atoms with E-state index >= 15 is 0 Å². The number of nitrogen functional groups attached to an aromatic ring is 1. The van der Waals surface area contributed by atoms with Crippen molar-refractivity contribution < 1.29 is 5.11 Å². The number of nitrogens with two attached hydrogens (primary N) is 2. The Bertz CT molecular complexity index is 651. The first-order valence-corrected chi connectivity index (χ1v) is 5.51. The van der Waals surface area contributed by atoms with Gasteiger partial charge in [-0.05, 0) is 18.2 Å². The predicted molar refractivity (Wildman–Crippen MR) is 74.5 cm³/mol. The summed E-state index contributed by atoms with van der Waals surface area (Å²) in [7, 11) is 0. The van der Waals surface area contributed by atoms with Crippen LogP contribution in [-0.2, 0) is 0 Å². The van der Waals surface area contributed by atoms with Gasteiger partial charge < -0.3 is 22.0 Å². The fraction of sp³-hybridized carbons (Fsp3) is 0. The van der Waals surface area contributed by atoms with E-state index in [2.05, 4.69) is 10.2 Å². The number of hydrogen-bond donors (Lipinski definition) is 4. The van der Waals surface area contributed by atoms with Crippen LogP contribution in [0.25, 0.3) is 16.8 Å². The molecular formula is C13H13N5O. The molecule has 1 aromatic carbocycles. The van der Waals surface area contributed by atoms with E-state index in [0.717, 1.165) is 6.21 Å². The number of nitrogens with zero attached hydrogens (tertiary/aromatic N) is 2. The van der Waals surface area contributed by atoms with Crippen LogP contribution in [0.2, 0.25) is 0 Å². The monoisotopic (exact) mass is 255 g/mol. The minimum absolute atomic E-state index is 0.0978. The Morgan fingerprint density at radius 3 is 2.63 bits per heavy atom. The zero-order valence-electron chi connectivity index (χ0n) is 10.0. The molecule has 2 rings (SSSR count). The molecule has 6 nitrogen and oxygen atoms in total. The van der Waals surface area contributed by atoms with Crippen LogP contribution >= 0.6 is 0 Å². The summed E-state index contributed by atoms with van der Waals surface area (Å²) in [6.45, 7) is 0. The normalized spacial score (nSPS) is 11.3. The molecule has 0 aliphatic heterocycles. The molecule has 0 spiro atoms.